The summed E-state index contributed by atoms with van der Waals surface area (Å²) in [6.45, 7) is 3.03. The molecule has 26 heavy (non-hydrogen) atoms. The number of tetrazole rings is 1. The highest BCUT2D eigenvalue weighted by Crippen LogP contribution is 2.06. The maximum absolute atomic E-state index is 11.4. The summed E-state index contributed by atoms with van der Waals surface area (Å²) in [6, 6.07) is 0. The predicted octanol–water partition coefficient (Wildman–Crippen LogP) is 2.06. The Morgan fingerprint density at radius 3 is 2.23 bits per heavy atom. The Bertz CT molecular complexity index is 516. The maximum Gasteiger partial charge on any atom is 0.309 e. The van der Waals surface area contributed by atoms with Crippen LogP contribution in [0.3, 0.4) is 0 Å². The highest BCUT2D eigenvalue weighted by molar-refractivity contribution is 6.35. The third-order valence-electron chi connectivity index (χ3n) is 3.90. The molecule has 1 aromatic rings. The van der Waals surface area contributed by atoms with Crippen LogP contribution in [0.15, 0.2) is 12.2 Å². The lowest BCUT2D eigenvalue weighted by atomic mass is 10.1. The van der Waals surface area contributed by atoms with E-state index in [1.54, 1.807) is 0 Å². The van der Waals surface area contributed by atoms with Crippen LogP contribution in [0.5, 0.6) is 0 Å². The Hall–Kier alpha value is -2.25. The second kappa shape index (κ2) is 15.0. The van der Waals surface area contributed by atoms with E-state index in [0.717, 1.165) is 50.8 Å². The Morgan fingerprint density at radius 2 is 1.58 bits per heavy atom. The molecule has 2 amide bonds. The second-order valence-corrected chi connectivity index (χ2v) is 6.26. The maximum atomic E-state index is 11.4. The Kier molecular flexibility index (Phi) is 12.6. The number of carbonyl (C=O) groups excluding carboxylic acids is 2. The fraction of sp³-hybridized carbons (Fsp3) is 0.722. The number of hydrogen-bond donors (Lipinski definition) is 3. The van der Waals surface area contributed by atoms with Crippen LogP contribution < -0.4 is 10.6 Å². The number of H-pyrrole nitrogens is 1. The zero-order valence-corrected chi connectivity index (χ0v) is 15.8. The van der Waals surface area contributed by atoms with Crippen LogP contribution in [0, 0.1) is 0 Å². The molecule has 146 valence electrons. The number of aromatic amines is 1. The first kappa shape index (κ1) is 21.8. The van der Waals surface area contributed by atoms with Gasteiger partial charge in [-0.1, -0.05) is 37.1 Å². The van der Waals surface area contributed by atoms with Crippen LogP contribution >= 0.6 is 0 Å². The quantitative estimate of drug-likeness (QED) is 0.266. The van der Waals surface area contributed by atoms with Gasteiger partial charge in [-0.2, -0.15) is 5.21 Å². The lowest BCUT2D eigenvalue weighted by Gasteiger charge is -2.04. The van der Waals surface area contributed by atoms with Crippen LogP contribution in [-0.4, -0.2) is 45.5 Å². The summed E-state index contributed by atoms with van der Waals surface area (Å²) >= 11 is 0. The minimum Gasteiger partial charge on any atom is -0.348 e. The van der Waals surface area contributed by atoms with E-state index in [-0.39, 0.29) is 0 Å². The molecule has 0 aliphatic carbocycles. The molecular weight excluding hydrogens is 332 g/mol. The summed E-state index contributed by atoms with van der Waals surface area (Å²) in [4.78, 5) is 22.8. The zero-order chi connectivity index (χ0) is 18.9. The molecule has 1 heterocycles. The summed E-state index contributed by atoms with van der Waals surface area (Å²) in [5.41, 5.74) is 0. The van der Waals surface area contributed by atoms with Crippen molar-refractivity contribution in [3.05, 3.63) is 18.0 Å². The first-order chi connectivity index (χ1) is 12.7. The number of amides is 2. The molecule has 0 saturated carbocycles. The molecular formula is C18H32N6O2. The van der Waals surface area contributed by atoms with E-state index in [9.17, 15) is 9.59 Å². The third-order valence-corrected chi connectivity index (χ3v) is 3.90. The van der Waals surface area contributed by atoms with E-state index in [1.165, 1.54) is 19.3 Å². The lowest BCUT2D eigenvalue weighted by molar-refractivity contribution is -0.139. The Labute approximate surface area is 155 Å². The second-order valence-electron chi connectivity index (χ2n) is 6.26. The first-order valence-corrected chi connectivity index (χ1v) is 9.67. The highest BCUT2D eigenvalue weighted by Gasteiger charge is 2.10. The smallest absolute Gasteiger partial charge is 0.309 e. The molecule has 0 saturated heterocycles. The number of nitrogens with one attached hydrogen (secondary N) is 3. The van der Waals surface area contributed by atoms with Gasteiger partial charge >= 0.3 is 11.8 Å². The van der Waals surface area contributed by atoms with Crippen molar-refractivity contribution in [2.24, 2.45) is 0 Å². The summed E-state index contributed by atoms with van der Waals surface area (Å²) in [7, 11) is 0. The van der Waals surface area contributed by atoms with Crippen molar-refractivity contribution >= 4 is 11.8 Å². The molecule has 8 nitrogen and oxygen atoms in total. The molecule has 8 heteroatoms. The number of rotatable bonds is 14. The lowest BCUT2D eigenvalue weighted by Crippen LogP contribution is -2.40. The van der Waals surface area contributed by atoms with Gasteiger partial charge < -0.3 is 10.6 Å². The fourth-order valence-electron chi connectivity index (χ4n) is 2.41. The predicted molar refractivity (Wildman–Crippen MR) is 100 cm³/mol. The topological polar surface area (TPSA) is 113 Å². The zero-order valence-electron chi connectivity index (χ0n) is 15.8. The fourth-order valence-corrected chi connectivity index (χ4v) is 2.41. The van der Waals surface area contributed by atoms with Crippen LogP contribution in [0.1, 0.15) is 70.5 Å². The van der Waals surface area contributed by atoms with Crippen molar-refractivity contribution in [1.29, 1.82) is 0 Å². The molecule has 0 fully saturated rings. The van der Waals surface area contributed by atoms with Crippen molar-refractivity contribution in [1.82, 2.24) is 31.3 Å². The van der Waals surface area contributed by atoms with E-state index in [4.69, 9.17) is 0 Å². The molecule has 3 N–H and O–H groups in total. The van der Waals surface area contributed by atoms with Crippen molar-refractivity contribution in [3.8, 4) is 0 Å². The molecule has 0 aromatic carbocycles. The summed E-state index contributed by atoms with van der Waals surface area (Å²) in [6.07, 6.45) is 14.9. The Balaban J connectivity index is 1.84. The largest absolute Gasteiger partial charge is 0.348 e. The van der Waals surface area contributed by atoms with Crippen LogP contribution in [0.4, 0.5) is 0 Å². The van der Waals surface area contributed by atoms with Crippen LogP contribution in [0.2, 0.25) is 0 Å². The number of aromatic nitrogens is 4. The minimum absolute atomic E-state index is 0.534. The number of nitrogens with zero attached hydrogens (tertiary/aromatic N) is 3. The van der Waals surface area contributed by atoms with Crippen molar-refractivity contribution in [2.45, 2.75) is 71.1 Å². The molecule has 1 rings (SSSR count). The van der Waals surface area contributed by atoms with E-state index in [0.29, 0.717) is 13.1 Å². The molecule has 0 bridgehead atoms. The summed E-state index contributed by atoms with van der Waals surface area (Å²) < 4.78 is 0. The van der Waals surface area contributed by atoms with Gasteiger partial charge in [0.1, 0.15) is 0 Å². The number of carbonyl (C=O) groups is 2. The van der Waals surface area contributed by atoms with E-state index >= 15 is 0 Å². The van der Waals surface area contributed by atoms with Gasteiger partial charge in [0.2, 0.25) is 0 Å². The normalized spacial score (nSPS) is 11.0. The van der Waals surface area contributed by atoms with E-state index in [1.807, 2.05) is 6.92 Å². The van der Waals surface area contributed by atoms with Gasteiger partial charge in [0.05, 0.1) is 0 Å². The molecule has 0 atom stereocenters. The number of allylic oxidation sites excluding steroid dienone is 2. The van der Waals surface area contributed by atoms with Gasteiger partial charge in [-0.15, -0.1) is 10.2 Å². The van der Waals surface area contributed by atoms with Gasteiger partial charge in [-0.05, 0) is 44.9 Å². The van der Waals surface area contributed by atoms with Crippen molar-refractivity contribution in [2.75, 3.05) is 13.1 Å². The van der Waals surface area contributed by atoms with Crippen molar-refractivity contribution in [3.63, 3.8) is 0 Å². The minimum atomic E-state index is -0.538. The van der Waals surface area contributed by atoms with Crippen molar-refractivity contribution < 1.29 is 9.59 Å². The molecule has 0 spiro atoms. The van der Waals surface area contributed by atoms with E-state index in [2.05, 4.69) is 43.4 Å². The van der Waals surface area contributed by atoms with E-state index < -0.39 is 11.8 Å². The SMILES string of the molecule is CCCNC(=O)C(=O)NCCCCC=CCCCCCCc1nn[nH]n1. The third kappa shape index (κ3) is 11.3. The molecule has 0 unspecified atom stereocenters. The van der Waals surface area contributed by atoms with Crippen LogP contribution in [-0.2, 0) is 16.0 Å². The number of aryl methyl sites for hydroxylation is 1. The standard InChI is InChI=1S/C18H32N6O2/c1-2-14-19-17(25)18(26)20-15-12-10-8-6-4-3-5-7-9-11-13-16-21-23-24-22-16/h4,6H,2-3,5,7-15H2,1H3,(H,19,25)(H,20,26)(H,21,22,23,24). The average Bonchev–Trinajstić information content (AvgIpc) is 3.16. The van der Waals surface area contributed by atoms with Gasteiger partial charge in [-0.25, -0.2) is 0 Å². The van der Waals surface area contributed by atoms with Crippen LogP contribution in [0.25, 0.3) is 0 Å². The summed E-state index contributed by atoms with van der Waals surface area (Å²) in [5.74, 6) is -0.278. The van der Waals surface area contributed by atoms with Gasteiger partial charge in [-0.3, -0.25) is 9.59 Å². The van der Waals surface area contributed by atoms with Gasteiger partial charge in [0.15, 0.2) is 5.82 Å². The summed E-state index contributed by atoms with van der Waals surface area (Å²) in [5, 5.41) is 19.1. The first-order valence-electron chi connectivity index (χ1n) is 9.67. The number of hydrogen-bond acceptors (Lipinski definition) is 5. The average molecular weight is 364 g/mol. The van der Waals surface area contributed by atoms with Gasteiger partial charge in [0.25, 0.3) is 0 Å². The molecule has 0 aliphatic heterocycles. The molecule has 0 aliphatic rings. The highest BCUT2D eigenvalue weighted by atomic mass is 16.2. The Morgan fingerprint density at radius 1 is 0.923 bits per heavy atom. The van der Waals surface area contributed by atoms with Gasteiger partial charge in [0, 0.05) is 19.5 Å². The number of unbranched alkanes of at least 4 members (excludes halogenated alkanes) is 6. The molecule has 1 aromatic heterocycles. The molecule has 0 radical (unpaired) electrons. The monoisotopic (exact) mass is 364 g/mol.